The third-order valence-corrected chi connectivity index (χ3v) is 4.66. The topological polar surface area (TPSA) is 74.6 Å². The number of carbonyl (C=O) groups excluding carboxylic acids is 1. The molecule has 158 valence electrons. The molecule has 0 saturated heterocycles. The second-order valence-corrected chi connectivity index (χ2v) is 7.21. The van der Waals surface area contributed by atoms with E-state index in [4.69, 9.17) is 10.2 Å². The number of carboxylic acids is 1. The normalized spacial score (nSPS) is 10.1. The van der Waals surface area contributed by atoms with Crippen LogP contribution in [0.2, 0.25) is 0 Å². The van der Waals surface area contributed by atoms with E-state index in [1.807, 2.05) is 18.2 Å². The highest BCUT2D eigenvalue weighted by Crippen LogP contribution is 2.14. The van der Waals surface area contributed by atoms with E-state index in [9.17, 15) is 9.59 Å². The number of aliphatic carboxylic acids is 1. The summed E-state index contributed by atoms with van der Waals surface area (Å²) in [7, 11) is 0. The Kier molecular flexibility index (Phi) is 12.9. The molecule has 2 aromatic rings. The zero-order valence-corrected chi connectivity index (χ0v) is 17.5. The molecule has 0 spiro atoms. The van der Waals surface area contributed by atoms with Gasteiger partial charge in [-0.1, -0.05) is 88.6 Å². The molecule has 29 heavy (non-hydrogen) atoms. The molecule has 0 aromatic heterocycles. The smallest absolute Gasteiger partial charge is 0.303 e. The summed E-state index contributed by atoms with van der Waals surface area (Å²) in [6.07, 6.45) is 11.5. The van der Waals surface area contributed by atoms with Crippen LogP contribution in [0.25, 0.3) is 0 Å². The van der Waals surface area contributed by atoms with Crippen LogP contribution >= 0.6 is 0 Å². The molecule has 0 fully saturated rings. The van der Waals surface area contributed by atoms with Crippen LogP contribution in [0.3, 0.4) is 0 Å². The monoisotopic (exact) mass is 398 g/mol. The van der Waals surface area contributed by atoms with Crippen LogP contribution in [-0.4, -0.2) is 22.0 Å². The van der Waals surface area contributed by atoms with E-state index in [1.165, 1.54) is 57.1 Å². The van der Waals surface area contributed by atoms with Crippen molar-refractivity contribution < 1.29 is 19.8 Å². The number of aromatic hydroxyl groups is 1. The summed E-state index contributed by atoms with van der Waals surface area (Å²) >= 11 is 0. The molecule has 4 nitrogen and oxygen atoms in total. The van der Waals surface area contributed by atoms with Crippen molar-refractivity contribution in [3.8, 4) is 5.75 Å². The number of phenols is 1. The van der Waals surface area contributed by atoms with Crippen molar-refractivity contribution in [2.75, 3.05) is 0 Å². The average Bonchev–Trinajstić information content (AvgIpc) is 2.73. The lowest BCUT2D eigenvalue weighted by Crippen LogP contribution is -1.99. The lowest BCUT2D eigenvalue weighted by Gasteiger charge is -2.00. The Hall–Kier alpha value is -2.62. The Labute approximate surface area is 174 Å². The molecular formula is C25H34O4. The van der Waals surface area contributed by atoms with Gasteiger partial charge in [0.1, 0.15) is 5.75 Å². The maximum absolute atomic E-state index is 11.9. The van der Waals surface area contributed by atoms with Crippen LogP contribution in [0.1, 0.15) is 87.1 Å². The fraction of sp³-hybridized carbons (Fsp3) is 0.440. The Morgan fingerprint density at radius 3 is 1.69 bits per heavy atom. The van der Waals surface area contributed by atoms with Crippen molar-refractivity contribution in [1.82, 2.24) is 0 Å². The number of rotatable bonds is 12. The van der Waals surface area contributed by atoms with Crippen molar-refractivity contribution in [2.24, 2.45) is 0 Å². The largest absolute Gasteiger partial charge is 0.508 e. The summed E-state index contributed by atoms with van der Waals surface area (Å²) in [5.74, 6) is -0.525. The summed E-state index contributed by atoms with van der Waals surface area (Å²) in [5.41, 5.74) is 1.24. The Balaban J connectivity index is 0.000000291. The minimum atomic E-state index is -0.659. The van der Waals surface area contributed by atoms with Gasteiger partial charge < -0.3 is 10.2 Å². The number of phenolic OH excluding ortho intramolecular Hbond substituents is 1. The van der Waals surface area contributed by atoms with Crippen molar-refractivity contribution in [3.63, 3.8) is 0 Å². The Morgan fingerprint density at radius 1 is 0.690 bits per heavy atom. The first kappa shape index (κ1) is 24.4. The third-order valence-electron chi connectivity index (χ3n) is 4.66. The zero-order valence-electron chi connectivity index (χ0n) is 17.5. The van der Waals surface area contributed by atoms with Crippen LogP contribution in [-0.2, 0) is 4.79 Å². The van der Waals surface area contributed by atoms with Gasteiger partial charge in [0, 0.05) is 17.5 Å². The molecule has 0 aliphatic heterocycles. The fourth-order valence-electron chi connectivity index (χ4n) is 2.96. The SMILES string of the molecule is CCCCCCCCCCCC(=O)O.O=C(c1ccccc1)c1ccc(O)cc1. The van der Waals surface area contributed by atoms with E-state index in [1.54, 1.807) is 24.3 Å². The first-order valence-corrected chi connectivity index (χ1v) is 10.6. The molecule has 0 aliphatic rings. The van der Waals surface area contributed by atoms with Gasteiger partial charge >= 0.3 is 5.97 Å². The minimum absolute atomic E-state index is 0.0319. The van der Waals surface area contributed by atoms with E-state index in [2.05, 4.69) is 6.92 Å². The predicted molar refractivity (Wildman–Crippen MR) is 117 cm³/mol. The summed E-state index contributed by atoms with van der Waals surface area (Å²) in [5, 5.41) is 17.5. The molecule has 0 heterocycles. The molecule has 2 N–H and O–H groups in total. The van der Waals surface area contributed by atoms with Crippen molar-refractivity contribution >= 4 is 11.8 Å². The number of ketones is 1. The van der Waals surface area contributed by atoms with Gasteiger partial charge in [0.05, 0.1) is 0 Å². The molecule has 0 radical (unpaired) electrons. The number of benzene rings is 2. The van der Waals surface area contributed by atoms with Crippen LogP contribution in [0, 0.1) is 0 Å². The highest BCUT2D eigenvalue weighted by atomic mass is 16.4. The molecule has 0 atom stereocenters. The number of hydrogen-bond acceptors (Lipinski definition) is 3. The van der Waals surface area contributed by atoms with Gasteiger partial charge in [0.15, 0.2) is 5.78 Å². The highest BCUT2D eigenvalue weighted by Gasteiger charge is 2.07. The van der Waals surface area contributed by atoms with Crippen molar-refractivity contribution in [1.29, 1.82) is 0 Å². The average molecular weight is 399 g/mol. The Morgan fingerprint density at radius 2 is 1.17 bits per heavy atom. The van der Waals surface area contributed by atoms with Gasteiger partial charge in [-0.2, -0.15) is 0 Å². The molecule has 2 rings (SSSR count). The van der Waals surface area contributed by atoms with Crippen LogP contribution < -0.4 is 0 Å². The second kappa shape index (κ2) is 15.3. The molecule has 0 saturated carbocycles. The highest BCUT2D eigenvalue weighted by molar-refractivity contribution is 6.08. The van der Waals surface area contributed by atoms with Crippen molar-refractivity contribution in [3.05, 3.63) is 65.7 Å². The molecular weight excluding hydrogens is 364 g/mol. The lowest BCUT2D eigenvalue weighted by atomic mass is 10.0. The lowest BCUT2D eigenvalue weighted by molar-refractivity contribution is -0.137. The van der Waals surface area contributed by atoms with Gasteiger partial charge in [0.25, 0.3) is 0 Å². The molecule has 0 unspecified atom stereocenters. The van der Waals surface area contributed by atoms with Crippen LogP contribution in [0.4, 0.5) is 0 Å². The maximum Gasteiger partial charge on any atom is 0.303 e. The molecule has 0 aliphatic carbocycles. The number of carbonyl (C=O) groups is 2. The van der Waals surface area contributed by atoms with E-state index in [-0.39, 0.29) is 11.5 Å². The predicted octanol–water partition coefficient (Wildman–Crippen LogP) is 6.62. The van der Waals surface area contributed by atoms with Crippen molar-refractivity contribution in [2.45, 2.75) is 71.1 Å². The minimum Gasteiger partial charge on any atom is -0.508 e. The van der Waals surface area contributed by atoms with Gasteiger partial charge in [-0.3, -0.25) is 9.59 Å². The van der Waals surface area contributed by atoms with Gasteiger partial charge in [0.2, 0.25) is 0 Å². The summed E-state index contributed by atoms with van der Waals surface area (Å²) in [4.78, 5) is 22.1. The molecule has 4 heteroatoms. The van der Waals surface area contributed by atoms with Gasteiger partial charge in [-0.15, -0.1) is 0 Å². The molecule has 2 aromatic carbocycles. The summed E-state index contributed by atoms with van der Waals surface area (Å²) < 4.78 is 0. The third kappa shape index (κ3) is 11.7. The fourth-order valence-corrected chi connectivity index (χ4v) is 2.96. The van der Waals surface area contributed by atoms with E-state index in [0.29, 0.717) is 17.5 Å². The van der Waals surface area contributed by atoms with Crippen LogP contribution in [0.5, 0.6) is 5.75 Å². The summed E-state index contributed by atoms with van der Waals surface area (Å²) in [6, 6.07) is 15.3. The summed E-state index contributed by atoms with van der Waals surface area (Å²) in [6.45, 7) is 2.23. The van der Waals surface area contributed by atoms with Gasteiger partial charge in [-0.05, 0) is 30.7 Å². The van der Waals surface area contributed by atoms with Crippen LogP contribution in [0.15, 0.2) is 54.6 Å². The van der Waals surface area contributed by atoms with E-state index >= 15 is 0 Å². The molecule has 0 amide bonds. The first-order valence-electron chi connectivity index (χ1n) is 10.6. The van der Waals surface area contributed by atoms with E-state index in [0.717, 1.165) is 12.8 Å². The first-order chi connectivity index (χ1) is 14.0. The zero-order chi connectivity index (χ0) is 21.3. The number of hydrogen-bond donors (Lipinski definition) is 2. The quantitative estimate of drug-likeness (QED) is 0.311. The number of carboxylic acid groups (broad SMARTS) is 1. The van der Waals surface area contributed by atoms with Gasteiger partial charge in [-0.25, -0.2) is 0 Å². The standard InChI is InChI=1S/C13H10O2.C12H24O2/c14-12-8-6-11(7-9-12)13(15)10-4-2-1-3-5-10;1-2-3-4-5-6-7-8-9-10-11-12(13)14/h1-9,14H;2-11H2,1H3,(H,13,14). The Bertz CT molecular complexity index is 693. The number of unbranched alkanes of at least 4 members (excludes halogenated alkanes) is 8. The molecule has 0 bridgehead atoms. The maximum atomic E-state index is 11.9. The van der Waals surface area contributed by atoms with E-state index < -0.39 is 5.97 Å². The second-order valence-electron chi connectivity index (χ2n) is 7.21.